The summed E-state index contributed by atoms with van der Waals surface area (Å²) >= 11 is 0. The van der Waals surface area contributed by atoms with Crippen molar-refractivity contribution in [3.8, 4) is 0 Å². The van der Waals surface area contributed by atoms with Crippen LogP contribution in [0.15, 0.2) is 50.7 Å². The summed E-state index contributed by atoms with van der Waals surface area (Å²) in [6.07, 6.45) is 3.20. The molecule has 3 aromatic rings. The normalized spacial score (nSPS) is 15.2. The van der Waals surface area contributed by atoms with Crippen LogP contribution in [0.2, 0.25) is 0 Å². The molecule has 31 heavy (non-hydrogen) atoms. The van der Waals surface area contributed by atoms with Crippen molar-refractivity contribution in [2.75, 3.05) is 13.1 Å². The fourth-order valence-electron chi connectivity index (χ4n) is 3.95. The molecular weight excluding hydrogens is 420 g/mol. The summed E-state index contributed by atoms with van der Waals surface area (Å²) in [5.41, 5.74) is 0.667. The van der Waals surface area contributed by atoms with Crippen molar-refractivity contribution in [1.82, 2.24) is 18.8 Å². The number of sulfonamides is 1. The van der Waals surface area contributed by atoms with Crippen molar-refractivity contribution in [1.29, 1.82) is 0 Å². The molecule has 1 aliphatic heterocycles. The Morgan fingerprint density at radius 1 is 1.16 bits per heavy atom. The van der Waals surface area contributed by atoms with E-state index in [9.17, 15) is 18.0 Å². The lowest BCUT2D eigenvalue weighted by Crippen LogP contribution is -2.33. The molecular formula is C21H26N4O5S. The number of imidazole rings is 1. The number of nitrogens with one attached hydrogen (secondary N) is 1. The number of carbonyl (C=O) groups is 1. The third-order valence-electron chi connectivity index (χ3n) is 5.50. The van der Waals surface area contributed by atoms with Crippen molar-refractivity contribution in [2.45, 2.75) is 50.7 Å². The van der Waals surface area contributed by atoms with E-state index in [1.165, 1.54) is 27.3 Å². The number of aromatic nitrogens is 2. The van der Waals surface area contributed by atoms with E-state index in [1.807, 2.05) is 13.8 Å². The number of amides is 1. The van der Waals surface area contributed by atoms with Gasteiger partial charge in [-0.1, -0.05) is 0 Å². The number of hydrogen-bond donors (Lipinski definition) is 1. The Morgan fingerprint density at radius 2 is 1.90 bits per heavy atom. The molecule has 3 heterocycles. The van der Waals surface area contributed by atoms with Gasteiger partial charge in [0.15, 0.2) is 0 Å². The first-order valence-corrected chi connectivity index (χ1v) is 11.8. The number of fused-ring (bicyclic) bond motifs is 1. The zero-order valence-corrected chi connectivity index (χ0v) is 18.4. The number of hydrogen-bond acceptors (Lipinski definition) is 5. The molecule has 0 unspecified atom stereocenters. The van der Waals surface area contributed by atoms with Crippen LogP contribution < -0.4 is 11.0 Å². The molecule has 0 saturated carbocycles. The van der Waals surface area contributed by atoms with Gasteiger partial charge in [-0.25, -0.2) is 13.2 Å². The molecule has 0 radical (unpaired) electrons. The molecule has 1 aliphatic rings. The minimum Gasteiger partial charge on any atom is -0.467 e. The lowest BCUT2D eigenvalue weighted by Gasteiger charge is -2.15. The lowest BCUT2D eigenvalue weighted by atomic mass is 10.3. The van der Waals surface area contributed by atoms with E-state index in [4.69, 9.17) is 4.42 Å². The molecule has 2 aromatic heterocycles. The van der Waals surface area contributed by atoms with Gasteiger partial charge in [-0.05, 0) is 57.0 Å². The standard InChI is InChI=1S/C21H26N4O5S/c1-15(2)25-18-8-7-17(31(28,29)23-9-3-4-10-23)12-19(18)24(21(25)27)14-20(26)22-13-16-6-5-11-30-16/h5-8,11-12,15H,3-4,9-10,13-14H2,1-2H3,(H,22,26). The van der Waals surface area contributed by atoms with Gasteiger partial charge in [-0.3, -0.25) is 13.9 Å². The summed E-state index contributed by atoms with van der Waals surface area (Å²) in [7, 11) is -3.64. The van der Waals surface area contributed by atoms with Gasteiger partial charge >= 0.3 is 5.69 Å². The summed E-state index contributed by atoms with van der Waals surface area (Å²) in [5, 5.41) is 2.73. The van der Waals surface area contributed by atoms with E-state index in [0.29, 0.717) is 29.9 Å². The van der Waals surface area contributed by atoms with E-state index in [-0.39, 0.29) is 35.6 Å². The van der Waals surface area contributed by atoms with Gasteiger partial charge in [0, 0.05) is 19.1 Å². The Hall–Kier alpha value is -2.85. The molecule has 0 atom stereocenters. The highest BCUT2D eigenvalue weighted by atomic mass is 32.2. The number of furan rings is 1. The molecule has 1 N–H and O–H groups in total. The van der Waals surface area contributed by atoms with E-state index >= 15 is 0 Å². The topological polar surface area (TPSA) is 107 Å². The van der Waals surface area contributed by atoms with Crippen LogP contribution in [-0.4, -0.2) is 40.9 Å². The molecule has 9 nitrogen and oxygen atoms in total. The minimum atomic E-state index is -3.64. The third-order valence-corrected chi connectivity index (χ3v) is 7.39. The Labute approximate surface area is 180 Å². The average molecular weight is 447 g/mol. The van der Waals surface area contributed by atoms with E-state index in [0.717, 1.165) is 12.8 Å². The highest BCUT2D eigenvalue weighted by Crippen LogP contribution is 2.25. The van der Waals surface area contributed by atoms with Gasteiger partial charge in [-0.15, -0.1) is 0 Å². The van der Waals surface area contributed by atoms with Gasteiger partial charge in [-0.2, -0.15) is 4.31 Å². The highest BCUT2D eigenvalue weighted by molar-refractivity contribution is 7.89. The fourth-order valence-corrected chi connectivity index (χ4v) is 5.49. The fraction of sp³-hybridized carbons (Fsp3) is 0.429. The quantitative estimate of drug-likeness (QED) is 0.598. The van der Waals surface area contributed by atoms with Crippen LogP contribution in [0.3, 0.4) is 0 Å². The van der Waals surface area contributed by atoms with Crippen molar-refractivity contribution in [2.24, 2.45) is 0 Å². The second kappa shape index (κ2) is 8.35. The SMILES string of the molecule is CC(C)n1c(=O)n(CC(=O)NCc2ccco2)c2cc(S(=O)(=O)N3CCCC3)ccc21. The van der Waals surface area contributed by atoms with Gasteiger partial charge < -0.3 is 9.73 Å². The minimum absolute atomic E-state index is 0.132. The van der Waals surface area contributed by atoms with Crippen LogP contribution >= 0.6 is 0 Å². The highest BCUT2D eigenvalue weighted by Gasteiger charge is 2.28. The van der Waals surface area contributed by atoms with Crippen molar-refractivity contribution in [3.05, 3.63) is 52.8 Å². The van der Waals surface area contributed by atoms with Crippen LogP contribution in [0, 0.1) is 0 Å². The Kier molecular flexibility index (Phi) is 5.76. The maximum Gasteiger partial charge on any atom is 0.329 e. The zero-order valence-electron chi connectivity index (χ0n) is 17.6. The predicted molar refractivity (Wildman–Crippen MR) is 115 cm³/mol. The zero-order chi connectivity index (χ0) is 22.2. The molecule has 0 spiro atoms. The Bertz CT molecular complexity index is 1250. The van der Waals surface area contributed by atoms with E-state index < -0.39 is 10.0 Å². The third kappa shape index (κ3) is 4.05. The predicted octanol–water partition coefficient (Wildman–Crippen LogP) is 2.08. The molecule has 1 amide bonds. The molecule has 4 rings (SSSR count). The number of nitrogens with zero attached hydrogens (tertiary/aromatic N) is 3. The van der Waals surface area contributed by atoms with Crippen LogP contribution in [-0.2, 0) is 27.9 Å². The summed E-state index contributed by atoms with van der Waals surface area (Å²) in [6, 6.07) is 8.01. The van der Waals surface area contributed by atoms with Crippen LogP contribution in [0.5, 0.6) is 0 Å². The van der Waals surface area contributed by atoms with Crippen molar-refractivity contribution >= 4 is 27.0 Å². The van der Waals surface area contributed by atoms with Crippen molar-refractivity contribution < 1.29 is 17.6 Å². The maximum absolute atomic E-state index is 13.1. The Morgan fingerprint density at radius 3 is 2.55 bits per heavy atom. The molecule has 0 bridgehead atoms. The van der Waals surface area contributed by atoms with Crippen molar-refractivity contribution in [3.63, 3.8) is 0 Å². The number of carbonyl (C=O) groups excluding carboxylic acids is 1. The summed E-state index contributed by atoms with van der Waals surface area (Å²) in [5.74, 6) is 0.235. The first kappa shape index (κ1) is 21.4. The molecule has 1 fully saturated rings. The summed E-state index contributed by atoms with van der Waals surface area (Å²) in [6.45, 7) is 4.72. The number of benzene rings is 1. The van der Waals surface area contributed by atoms with Gasteiger partial charge in [0.05, 0.1) is 28.7 Å². The molecule has 1 aromatic carbocycles. The first-order valence-electron chi connectivity index (χ1n) is 10.3. The van der Waals surface area contributed by atoms with Gasteiger partial charge in [0.1, 0.15) is 12.3 Å². The molecule has 0 aliphatic carbocycles. The number of rotatable bonds is 7. The van der Waals surface area contributed by atoms with Crippen LogP contribution in [0.1, 0.15) is 38.5 Å². The molecule has 1 saturated heterocycles. The monoisotopic (exact) mass is 446 g/mol. The van der Waals surface area contributed by atoms with E-state index in [2.05, 4.69) is 5.32 Å². The van der Waals surface area contributed by atoms with Crippen LogP contribution in [0.4, 0.5) is 0 Å². The first-order chi connectivity index (χ1) is 14.8. The molecule has 166 valence electrons. The van der Waals surface area contributed by atoms with E-state index in [1.54, 1.807) is 22.8 Å². The second-order valence-corrected chi connectivity index (χ2v) is 9.89. The smallest absolute Gasteiger partial charge is 0.329 e. The largest absolute Gasteiger partial charge is 0.467 e. The molecule has 10 heteroatoms. The van der Waals surface area contributed by atoms with Crippen LogP contribution in [0.25, 0.3) is 11.0 Å². The second-order valence-electron chi connectivity index (χ2n) is 7.95. The van der Waals surface area contributed by atoms with Gasteiger partial charge in [0.25, 0.3) is 0 Å². The maximum atomic E-state index is 13.1. The average Bonchev–Trinajstić information content (AvgIpc) is 3.48. The van der Waals surface area contributed by atoms with Gasteiger partial charge in [0.2, 0.25) is 15.9 Å². The summed E-state index contributed by atoms with van der Waals surface area (Å²) in [4.78, 5) is 25.7. The lowest BCUT2D eigenvalue weighted by molar-refractivity contribution is -0.121. The Balaban J connectivity index is 1.71. The summed E-state index contributed by atoms with van der Waals surface area (Å²) < 4.78 is 35.6.